The van der Waals surface area contributed by atoms with Gasteiger partial charge in [-0.05, 0) is 29.8 Å². The molecule has 0 fully saturated rings. The topological polar surface area (TPSA) is 48.7 Å². The van der Waals surface area contributed by atoms with Crippen molar-refractivity contribution < 1.29 is 0 Å². The van der Waals surface area contributed by atoms with Gasteiger partial charge in [-0.1, -0.05) is 18.2 Å². The molecule has 0 aliphatic carbocycles. The molecule has 0 unspecified atom stereocenters. The molecule has 1 N–H and O–H groups in total. The van der Waals surface area contributed by atoms with Gasteiger partial charge in [0.05, 0.1) is 18.5 Å². The fraction of sp³-hybridized carbons (Fsp3) is 0.143. The Morgan fingerprint density at radius 1 is 1.12 bits per heavy atom. The molecule has 3 nitrogen and oxygen atoms in total. The van der Waals surface area contributed by atoms with Crippen LogP contribution in [0.3, 0.4) is 0 Å². The molecule has 1 aromatic carbocycles. The van der Waals surface area contributed by atoms with Crippen LogP contribution >= 0.6 is 0 Å². The van der Waals surface area contributed by atoms with Crippen LogP contribution in [0.4, 0.5) is 5.69 Å². The van der Waals surface area contributed by atoms with Crippen molar-refractivity contribution >= 4 is 5.69 Å². The van der Waals surface area contributed by atoms with Gasteiger partial charge in [0, 0.05) is 18.1 Å². The van der Waals surface area contributed by atoms with Crippen molar-refractivity contribution in [1.29, 1.82) is 5.26 Å². The van der Waals surface area contributed by atoms with Crippen LogP contribution in [0, 0.1) is 11.3 Å². The normalized spacial score (nSPS) is 11.5. The second kappa shape index (κ2) is 5.66. The molecule has 0 aliphatic heterocycles. The molecule has 17 heavy (non-hydrogen) atoms. The van der Waals surface area contributed by atoms with E-state index in [1.165, 1.54) is 0 Å². The maximum Gasteiger partial charge on any atom is 0.0647 e. The second-order valence-electron chi connectivity index (χ2n) is 3.71. The lowest BCUT2D eigenvalue weighted by Crippen LogP contribution is -2.10. The first-order valence-electron chi connectivity index (χ1n) is 5.48. The van der Waals surface area contributed by atoms with Crippen molar-refractivity contribution in [3.05, 3.63) is 60.4 Å². The monoisotopic (exact) mass is 223 g/mol. The van der Waals surface area contributed by atoms with Gasteiger partial charge in [0.2, 0.25) is 0 Å². The summed E-state index contributed by atoms with van der Waals surface area (Å²) in [5.41, 5.74) is 2.09. The maximum absolute atomic E-state index is 8.87. The fourth-order valence-electron chi connectivity index (χ4n) is 1.67. The molecule has 0 saturated carbocycles. The van der Waals surface area contributed by atoms with E-state index < -0.39 is 0 Å². The molecular formula is C14H13N3. The second-order valence-corrected chi connectivity index (χ2v) is 3.71. The van der Waals surface area contributed by atoms with E-state index in [9.17, 15) is 0 Å². The molecule has 0 aliphatic rings. The summed E-state index contributed by atoms with van der Waals surface area (Å²) < 4.78 is 0. The van der Waals surface area contributed by atoms with Gasteiger partial charge in [-0.3, -0.25) is 4.98 Å². The summed E-state index contributed by atoms with van der Waals surface area (Å²) in [5, 5.41) is 12.2. The summed E-state index contributed by atoms with van der Waals surface area (Å²) in [6.45, 7) is 0. The summed E-state index contributed by atoms with van der Waals surface area (Å²) in [7, 11) is 0. The Labute approximate surface area is 101 Å². The largest absolute Gasteiger partial charge is 0.377 e. The molecule has 2 rings (SSSR count). The number of nitrogens with one attached hydrogen (secondary N) is 1. The lowest BCUT2D eigenvalue weighted by atomic mass is 10.1. The van der Waals surface area contributed by atoms with Crippen molar-refractivity contribution in [2.75, 3.05) is 5.32 Å². The predicted molar refractivity (Wildman–Crippen MR) is 67.3 cm³/mol. The predicted octanol–water partition coefficient (Wildman–Crippen LogP) is 3.15. The van der Waals surface area contributed by atoms with Gasteiger partial charge in [-0.2, -0.15) is 5.26 Å². The molecule has 1 heterocycles. The number of aromatic nitrogens is 1. The fourth-order valence-corrected chi connectivity index (χ4v) is 1.67. The van der Waals surface area contributed by atoms with Crippen molar-refractivity contribution in [2.45, 2.75) is 12.5 Å². The number of pyridine rings is 1. The third kappa shape index (κ3) is 3.05. The van der Waals surface area contributed by atoms with Crippen LogP contribution in [-0.2, 0) is 0 Å². The standard InChI is InChI=1S/C14H13N3/c15-9-6-14(12-7-10-16-11-8-12)17-13-4-2-1-3-5-13/h1-5,7-8,10-11,14,17H,6H2/t14-/m1/s1. The van der Waals surface area contributed by atoms with Gasteiger partial charge >= 0.3 is 0 Å². The molecule has 0 saturated heterocycles. The summed E-state index contributed by atoms with van der Waals surface area (Å²) >= 11 is 0. The van der Waals surface area contributed by atoms with E-state index in [0.29, 0.717) is 6.42 Å². The highest BCUT2D eigenvalue weighted by atomic mass is 14.9. The minimum Gasteiger partial charge on any atom is -0.377 e. The Balaban J connectivity index is 2.17. The number of nitriles is 1. The lowest BCUT2D eigenvalue weighted by molar-refractivity contribution is 0.804. The van der Waals surface area contributed by atoms with Crippen molar-refractivity contribution in [1.82, 2.24) is 4.98 Å². The highest BCUT2D eigenvalue weighted by Crippen LogP contribution is 2.21. The molecule has 2 aromatic rings. The van der Waals surface area contributed by atoms with Crippen LogP contribution in [0.15, 0.2) is 54.9 Å². The zero-order valence-corrected chi connectivity index (χ0v) is 9.38. The first-order valence-corrected chi connectivity index (χ1v) is 5.48. The first kappa shape index (κ1) is 11.2. The third-order valence-corrected chi connectivity index (χ3v) is 2.52. The highest BCUT2D eigenvalue weighted by molar-refractivity contribution is 5.45. The summed E-state index contributed by atoms with van der Waals surface area (Å²) in [6, 6.07) is 16.0. The van der Waals surface area contributed by atoms with Crippen LogP contribution in [-0.4, -0.2) is 4.98 Å². The third-order valence-electron chi connectivity index (χ3n) is 2.52. The smallest absolute Gasteiger partial charge is 0.0647 e. The number of rotatable bonds is 4. The van der Waals surface area contributed by atoms with Crippen molar-refractivity contribution in [3.63, 3.8) is 0 Å². The van der Waals surface area contributed by atoms with Gasteiger partial charge in [0.25, 0.3) is 0 Å². The van der Waals surface area contributed by atoms with E-state index >= 15 is 0 Å². The highest BCUT2D eigenvalue weighted by Gasteiger charge is 2.10. The number of hydrogen-bond donors (Lipinski definition) is 1. The summed E-state index contributed by atoms with van der Waals surface area (Å²) in [6.07, 6.45) is 3.91. The Hall–Kier alpha value is -2.34. The number of benzene rings is 1. The van der Waals surface area contributed by atoms with Gasteiger partial charge in [-0.25, -0.2) is 0 Å². The minimum absolute atomic E-state index is 0.00500. The molecule has 1 atom stereocenters. The van der Waals surface area contributed by atoms with Crippen LogP contribution in [0.25, 0.3) is 0 Å². The maximum atomic E-state index is 8.87. The van der Waals surface area contributed by atoms with Crippen molar-refractivity contribution in [2.24, 2.45) is 0 Å². The molecule has 3 heteroatoms. The number of nitrogens with zero attached hydrogens (tertiary/aromatic N) is 2. The number of para-hydroxylation sites is 1. The van der Waals surface area contributed by atoms with Crippen LogP contribution < -0.4 is 5.32 Å². The van der Waals surface area contributed by atoms with E-state index in [1.54, 1.807) is 12.4 Å². The molecule has 0 amide bonds. The van der Waals surface area contributed by atoms with Gasteiger partial charge < -0.3 is 5.32 Å². The van der Waals surface area contributed by atoms with E-state index in [-0.39, 0.29) is 6.04 Å². The zero-order chi connectivity index (χ0) is 11.9. The van der Waals surface area contributed by atoms with E-state index in [4.69, 9.17) is 5.26 Å². The van der Waals surface area contributed by atoms with Gasteiger partial charge in [0.1, 0.15) is 0 Å². The van der Waals surface area contributed by atoms with E-state index in [1.807, 2.05) is 42.5 Å². The lowest BCUT2D eigenvalue weighted by Gasteiger charge is -2.17. The Morgan fingerprint density at radius 2 is 1.82 bits per heavy atom. The molecular weight excluding hydrogens is 210 g/mol. The number of anilines is 1. The Morgan fingerprint density at radius 3 is 2.47 bits per heavy atom. The average molecular weight is 223 g/mol. The number of hydrogen-bond acceptors (Lipinski definition) is 3. The zero-order valence-electron chi connectivity index (χ0n) is 9.38. The van der Waals surface area contributed by atoms with Crippen LogP contribution in [0.1, 0.15) is 18.0 Å². The van der Waals surface area contributed by atoms with Gasteiger partial charge in [-0.15, -0.1) is 0 Å². The average Bonchev–Trinajstić information content (AvgIpc) is 2.40. The molecule has 1 aromatic heterocycles. The van der Waals surface area contributed by atoms with Crippen molar-refractivity contribution in [3.8, 4) is 6.07 Å². The minimum atomic E-state index is 0.00500. The Kier molecular flexibility index (Phi) is 3.72. The molecule has 0 radical (unpaired) electrons. The van der Waals surface area contributed by atoms with E-state index in [0.717, 1.165) is 11.3 Å². The molecule has 0 bridgehead atoms. The van der Waals surface area contributed by atoms with Gasteiger partial charge in [0.15, 0.2) is 0 Å². The summed E-state index contributed by atoms with van der Waals surface area (Å²) in [5.74, 6) is 0. The first-order chi connectivity index (χ1) is 8.40. The molecule has 84 valence electrons. The van der Waals surface area contributed by atoms with Crippen LogP contribution in [0.2, 0.25) is 0 Å². The SMILES string of the molecule is N#CC[C@@H](Nc1ccccc1)c1ccncc1. The van der Waals surface area contributed by atoms with Crippen LogP contribution in [0.5, 0.6) is 0 Å². The Bertz CT molecular complexity index is 488. The quantitative estimate of drug-likeness (QED) is 0.866. The molecule has 0 spiro atoms. The summed E-state index contributed by atoms with van der Waals surface area (Å²) in [4.78, 5) is 3.98. The van der Waals surface area contributed by atoms with E-state index in [2.05, 4.69) is 16.4 Å².